The third-order valence-corrected chi connectivity index (χ3v) is 1.98. The second kappa shape index (κ2) is 4.83. The lowest BCUT2D eigenvalue weighted by Crippen LogP contribution is -1.97. The number of rotatable bonds is 2. The molecule has 0 atom stereocenters. The number of carboxylic acids is 1. The second-order valence-corrected chi connectivity index (χ2v) is 3.55. The van der Waals surface area contributed by atoms with Gasteiger partial charge >= 0.3 is 5.97 Å². The van der Waals surface area contributed by atoms with E-state index in [2.05, 4.69) is 0 Å². The highest BCUT2D eigenvalue weighted by atomic mass is 35.5. The zero-order valence-electron chi connectivity index (χ0n) is 7.37. The van der Waals surface area contributed by atoms with Crippen LogP contribution in [0, 0.1) is 11.3 Å². The average molecular weight is 242 g/mol. The second-order valence-electron chi connectivity index (χ2n) is 2.68. The molecule has 1 aromatic rings. The molecule has 1 aromatic carbocycles. The number of hydrogen-bond acceptors (Lipinski definition) is 2. The Balaban J connectivity index is 3.18. The fourth-order valence-corrected chi connectivity index (χ4v) is 1.51. The minimum atomic E-state index is -1.28. The van der Waals surface area contributed by atoms with E-state index >= 15 is 0 Å². The minimum Gasteiger partial charge on any atom is -0.477 e. The largest absolute Gasteiger partial charge is 0.477 e. The number of halogens is 2. The van der Waals surface area contributed by atoms with Crippen molar-refractivity contribution in [2.24, 2.45) is 0 Å². The van der Waals surface area contributed by atoms with Crippen LogP contribution < -0.4 is 0 Å². The van der Waals surface area contributed by atoms with E-state index in [4.69, 9.17) is 33.6 Å². The Hall–Kier alpha value is -1.50. The molecule has 1 N–H and O–H groups in total. The fraction of sp³-hybridized carbons (Fsp3) is 0. The van der Waals surface area contributed by atoms with Crippen molar-refractivity contribution < 1.29 is 9.90 Å². The van der Waals surface area contributed by atoms with Crippen molar-refractivity contribution in [1.29, 1.82) is 5.26 Å². The number of aliphatic carboxylic acids is 1. The van der Waals surface area contributed by atoms with Gasteiger partial charge in [0.1, 0.15) is 11.6 Å². The van der Waals surface area contributed by atoms with Crippen molar-refractivity contribution in [1.82, 2.24) is 0 Å². The molecule has 0 saturated heterocycles. The Labute approximate surface area is 96.2 Å². The van der Waals surface area contributed by atoms with Crippen molar-refractivity contribution in [2.75, 3.05) is 0 Å². The Morgan fingerprint density at radius 3 is 2.27 bits per heavy atom. The number of nitriles is 1. The van der Waals surface area contributed by atoms with Crippen LogP contribution in [0.3, 0.4) is 0 Å². The predicted molar refractivity (Wildman–Crippen MR) is 57.7 cm³/mol. The van der Waals surface area contributed by atoms with E-state index in [1.54, 1.807) is 6.07 Å². The van der Waals surface area contributed by atoms with Crippen LogP contribution in [0.15, 0.2) is 23.8 Å². The third kappa shape index (κ3) is 3.28. The molecule has 3 nitrogen and oxygen atoms in total. The van der Waals surface area contributed by atoms with Crippen LogP contribution in [0.4, 0.5) is 0 Å². The summed E-state index contributed by atoms with van der Waals surface area (Å²) in [6.45, 7) is 0. The lowest BCUT2D eigenvalue weighted by molar-refractivity contribution is -0.132. The van der Waals surface area contributed by atoms with Crippen LogP contribution in [0.5, 0.6) is 0 Å². The SMILES string of the molecule is N#C/C(=C\c1cc(Cl)cc(Cl)c1)C(=O)O. The number of carbonyl (C=O) groups is 1. The minimum absolute atomic E-state index is 0.367. The number of benzene rings is 1. The molecule has 0 bridgehead atoms. The van der Waals surface area contributed by atoms with E-state index in [0.29, 0.717) is 15.6 Å². The van der Waals surface area contributed by atoms with E-state index in [1.807, 2.05) is 0 Å². The smallest absolute Gasteiger partial charge is 0.346 e. The maximum Gasteiger partial charge on any atom is 0.346 e. The molecule has 1 rings (SSSR count). The zero-order valence-corrected chi connectivity index (χ0v) is 8.88. The highest BCUT2D eigenvalue weighted by molar-refractivity contribution is 6.34. The predicted octanol–water partition coefficient (Wildman–Crippen LogP) is 2.98. The molecule has 0 aliphatic carbocycles. The summed E-state index contributed by atoms with van der Waals surface area (Å²) in [7, 11) is 0. The maximum absolute atomic E-state index is 10.5. The first-order chi connectivity index (χ1) is 7.02. The molecule has 0 fully saturated rings. The summed E-state index contributed by atoms with van der Waals surface area (Å²) in [6, 6.07) is 6.13. The first kappa shape index (κ1) is 11.6. The molecule has 5 heteroatoms. The van der Waals surface area contributed by atoms with Gasteiger partial charge in [-0.05, 0) is 29.8 Å². The van der Waals surface area contributed by atoms with Crippen LogP contribution in [0.2, 0.25) is 10.0 Å². The van der Waals surface area contributed by atoms with Gasteiger partial charge in [0.05, 0.1) is 0 Å². The van der Waals surface area contributed by atoms with Gasteiger partial charge in [-0.2, -0.15) is 5.26 Å². The molecule has 0 aromatic heterocycles. The molecule has 0 radical (unpaired) electrons. The Morgan fingerprint density at radius 1 is 1.33 bits per heavy atom. The average Bonchev–Trinajstić information content (AvgIpc) is 2.12. The van der Waals surface area contributed by atoms with E-state index in [1.165, 1.54) is 24.3 Å². The highest BCUT2D eigenvalue weighted by Crippen LogP contribution is 2.20. The third-order valence-electron chi connectivity index (χ3n) is 1.55. The Kier molecular flexibility index (Phi) is 3.73. The molecule has 0 aliphatic rings. The molecule has 0 aliphatic heterocycles. The van der Waals surface area contributed by atoms with Crippen molar-refractivity contribution in [3.8, 4) is 6.07 Å². The molecule has 0 heterocycles. The lowest BCUT2D eigenvalue weighted by atomic mass is 10.1. The fourth-order valence-electron chi connectivity index (χ4n) is 0.967. The van der Waals surface area contributed by atoms with Gasteiger partial charge in [-0.15, -0.1) is 0 Å². The maximum atomic E-state index is 10.5. The van der Waals surface area contributed by atoms with Gasteiger partial charge in [-0.3, -0.25) is 0 Å². The standard InChI is InChI=1S/C10H5Cl2NO2/c11-8-2-6(3-9(12)4-8)1-7(5-13)10(14)15/h1-4H,(H,14,15)/b7-1+. The monoisotopic (exact) mass is 241 g/mol. The van der Waals surface area contributed by atoms with Crippen LogP contribution in [0.25, 0.3) is 6.08 Å². The molecule has 76 valence electrons. The van der Waals surface area contributed by atoms with Gasteiger partial charge in [-0.25, -0.2) is 4.79 Å². The van der Waals surface area contributed by atoms with Crippen LogP contribution >= 0.6 is 23.2 Å². The van der Waals surface area contributed by atoms with Gasteiger partial charge in [0.15, 0.2) is 0 Å². The molecule has 0 unspecified atom stereocenters. The molecular formula is C10H5Cl2NO2. The lowest BCUT2D eigenvalue weighted by Gasteiger charge is -1.97. The van der Waals surface area contributed by atoms with Crippen LogP contribution in [-0.2, 0) is 4.79 Å². The van der Waals surface area contributed by atoms with Gasteiger partial charge in [-0.1, -0.05) is 23.2 Å². The first-order valence-corrected chi connectivity index (χ1v) is 4.59. The van der Waals surface area contributed by atoms with Crippen molar-refractivity contribution in [2.45, 2.75) is 0 Å². The van der Waals surface area contributed by atoms with Crippen molar-refractivity contribution >= 4 is 35.2 Å². The van der Waals surface area contributed by atoms with E-state index in [-0.39, 0.29) is 5.57 Å². The topological polar surface area (TPSA) is 61.1 Å². The van der Waals surface area contributed by atoms with Gasteiger partial charge < -0.3 is 5.11 Å². The Bertz CT molecular complexity index is 455. The number of carboxylic acid groups (broad SMARTS) is 1. The summed E-state index contributed by atoms with van der Waals surface area (Å²) in [5, 5.41) is 17.9. The molecule has 0 amide bonds. The summed E-state index contributed by atoms with van der Waals surface area (Å²) in [5.41, 5.74) is 0.111. The summed E-state index contributed by atoms with van der Waals surface area (Å²) < 4.78 is 0. The summed E-state index contributed by atoms with van der Waals surface area (Å²) in [6.07, 6.45) is 1.21. The van der Waals surface area contributed by atoms with Gasteiger partial charge in [0.25, 0.3) is 0 Å². The molecule has 0 spiro atoms. The molecular weight excluding hydrogens is 237 g/mol. The van der Waals surface area contributed by atoms with Gasteiger partial charge in [0, 0.05) is 10.0 Å². The van der Waals surface area contributed by atoms with Gasteiger partial charge in [0.2, 0.25) is 0 Å². The Morgan fingerprint density at radius 2 is 1.87 bits per heavy atom. The molecule has 0 saturated carbocycles. The van der Waals surface area contributed by atoms with E-state index in [9.17, 15) is 4.79 Å². The number of nitrogens with zero attached hydrogens (tertiary/aromatic N) is 1. The normalized spacial score (nSPS) is 10.9. The van der Waals surface area contributed by atoms with E-state index in [0.717, 1.165) is 0 Å². The van der Waals surface area contributed by atoms with Crippen LogP contribution in [0.1, 0.15) is 5.56 Å². The zero-order chi connectivity index (χ0) is 11.4. The van der Waals surface area contributed by atoms with Crippen molar-refractivity contribution in [3.63, 3.8) is 0 Å². The van der Waals surface area contributed by atoms with E-state index < -0.39 is 5.97 Å². The summed E-state index contributed by atoms with van der Waals surface area (Å²) in [5.74, 6) is -1.28. The summed E-state index contributed by atoms with van der Waals surface area (Å²) >= 11 is 11.4. The van der Waals surface area contributed by atoms with Crippen molar-refractivity contribution in [3.05, 3.63) is 39.4 Å². The quantitative estimate of drug-likeness (QED) is 0.640. The first-order valence-electron chi connectivity index (χ1n) is 3.84. The number of hydrogen-bond donors (Lipinski definition) is 1. The molecule has 15 heavy (non-hydrogen) atoms. The highest BCUT2D eigenvalue weighted by Gasteiger charge is 2.06. The summed E-state index contributed by atoms with van der Waals surface area (Å²) in [4.78, 5) is 10.5. The van der Waals surface area contributed by atoms with Crippen LogP contribution in [-0.4, -0.2) is 11.1 Å².